The summed E-state index contributed by atoms with van der Waals surface area (Å²) in [4.78, 5) is 11.2. The van der Waals surface area contributed by atoms with Crippen LogP contribution in [0.25, 0.3) is 0 Å². The van der Waals surface area contributed by atoms with E-state index in [4.69, 9.17) is 4.74 Å². The SMILES string of the molecule is CCC[C@H](O)/C=C/[C@@H]1[C@H]2CC(=O)O[C@H]2C[C@H]1O. The van der Waals surface area contributed by atoms with E-state index in [0.717, 1.165) is 12.8 Å². The highest BCUT2D eigenvalue weighted by atomic mass is 16.6. The van der Waals surface area contributed by atoms with Crippen LogP contribution >= 0.6 is 0 Å². The van der Waals surface area contributed by atoms with Crippen molar-refractivity contribution in [2.75, 3.05) is 0 Å². The summed E-state index contributed by atoms with van der Waals surface area (Å²) in [5.41, 5.74) is 0. The van der Waals surface area contributed by atoms with Gasteiger partial charge in [0.1, 0.15) is 6.10 Å². The van der Waals surface area contributed by atoms with Gasteiger partial charge in [-0.05, 0) is 6.42 Å². The molecule has 0 radical (unpaired) electrons. The fraction of sp³-hybridized carbons (Fsp3) is 0.769. The Morgan fingerprint density at radius 1 is 1.59 bits per heavy atom. The van der Waals surface area contributed by atoms with E-state index in [1.807, 2.05) is 13.0 Å². The highest BCUT2D eigenvalue weighted by molar-refractivity contribution is 5.72. The van der Waals surface area contributed by atoms with Gasteiger partial charge in [0, 0.05) is 18.3 Å². The van der Waals surface area contributed by atoms with E-state index in [0.29, 0.717) is 12.8 Å². The first-order valence-corrected chi connectivity index (χ1v) is 6.35. The Balaban J connectivity index is 1.97. The third-order valence-electron chi connectivity index (χ3n) is 3.72. The number of fused-ring (bicyclic) bond motifs is 1. The van der Waals surface area contributed by atoms with Crippen molar-refractivity contribution >= 4 is 5.97 Å². The second-order valence-corrected chi connectivity index (χ2v) is 5.02. The Bertz CT molecular complexity index is 313. The largest absolute Gasteiger partial charge is 0.462 e. The van der Waals surface area contributed by atoms with E-state index < -0.39 is 12.2 Å². The Kier molecular flexibility index (Phi) is 3.84. The van der Waals surface area contributed by atoms with E-state index in [1.54, 1.807) is 6.08 Å². The third-order valence-corrected chi connectivity index (χ3v) is 3.72. The van der Waals surface area contributed by atoms with Crippen LogP contribution in [-0.2, 0) is 9.53 Å². The average molecular weight is 240 g/mol. The molecule has 17 heavy (non-hydrogen) atoms. The molecule has 0 spiro atoms. The summed E-state index contributed by atoms with van der Waals surface area (Å²) in [6.45, 7) is 2.01. The van der Waals surface area contributed by atoms with Crippen LogP contribution in [0.5, 0.6) is 0 Å². The molecular formula is C13H20O4. The molecule has 2 fully saturated rings. The number of aliphatic hydroxyl groups excluding tert-OH is 2. The molecule has 1 saturated carbocycles. The molecule has 0 aromatic rings. The molecule has 5 atom stereocenters. The molecule has 2 N–H and O–H groups in total. The minimum Gasteiger partial charge on any atom is -0.462 e. The fourth-order valence-electron chi connectivity index (χ4n) is 2.84. The Hall–Kier alpha value is -0.870. The predicted octanol–water partition coefficient (Wildman–Crippen LogP) is 1.02. The Morgan fingerprint density at radius 2 is 2.35 bits per heavy atom. The van der Waals surface area contributed by atoms with Gasteiger partial charge in [-0.25, -0.2) is 0 Å². The van der Waals surface area contributed by atoms with Crippen LogP contribution in [0.4, 0.5) is 0 Å². The summed E-state index contributed by atoms with van der Waals surface area (Å²) >= 11 is 0. The lowest BCUT2D eigenvalue weighted by atomic mass is 9.91. The van der Waals surface area contributed by atoms with Crippen molar-refractivity contribution in [3.63, 3.8) is 0 Å². The average Bonchev–Trinajstić information content (AvgIpc) is 2.71. The van der Waals surface area contributed by atoms with Crippen molar-refractivity contribution in [3.8, 4) is 0 Å². The molecule has 96 valence electrons. The second kappa shape index (κ2) is 5.19. The number of aliphatic hydroxyl groups is 2. The van der Waals surface area contributed by atoms with Crippen LogP contribution < -0.4 is 0 Å². The van der Waals surface area contributed by atoms with Gasteiger partial charge >= 0.3 is 5.97 Å². The fourth-order valence-corrected chi connectivity index (χ4v) is 2.84. The number of hydrogen-bond acceptors (Lipinski definition) is 4. The van der Waals surface area contributed by atoms with Gasteiger partial charge < -0.3 is 14.9 Å². The normalized spacial score (nSPS) is 38.4. The molecule has 1 aliphatic heterocycles. The monoisotopic (exact) mass is 240 g/mol. The van der Waals surface area contributed by atoms with Gasteiger partial charge in [0.25, 0.3) is 0 Å². The molecule has 1 heterocycles. The van der Waals surface area contributed by atoms with E-state index in [9.17, 15) is 15.0 Å². The smallest absolute Gasteiger partial charge is 0.306 e. The Morgan fingerprint density at radius 3 is 3.06 bits per heavy atom. The molecule has 2 aliphatic rings. The lowest BCUT2D eigenvalue weighted by Gasteiger charge is -2.15. The maximum absolute atomic E-state index is 11.2. The van der Waals surface area contributed by atoms with E-state index in [-0.39, 0.29) is 23.9 Å². The molecule has 1 saturated heterocycles. The second-order valence-electron chi connectivity index (χ2n) is 5.02. The van der Waals surface area contributed by atoms with Gasteiger partial charge in [-0.15, -0.1) is 0 Å². The summed E-state index contributed by atoms with van der Waals surface area (Å²) in [7, 11) is 0. The summed E-state index contributed by atoms with van der Waals surface area (Å²) < 4.78 is 5.14. The van der Waals surface area contributed by atoms with Crippen LogP contribution in [0.1, 0.15) is 32.6 Å². The van der Waals surface area contributed by atoms with Crippen LogP contribution in [0.15, 0.2) is 12.2 Å². The molecule has 0 amide bonds. The van der Waals surface area contributed by atoms with Crippen LogP contribution in [0.3, 0.4) is 0 Å². The minimum atomic E-state index is -0.455. The number of carbonyl (C=O) groups excluding carboxylic acids is 1. The molecule has 2 rings (SSSR count). The lowest BCUT2D eigenvalue weighted by Crippen LogP contribution is -2.18. The van der Waals surface area contributed by atoms with E-state index in [2.05, 4.69) is 0 Å². The molecule has 4 nitrogen and oxygen atoms in total. The summed E-state index contributed by atoms with van der Waals surface area (Å²) in [6, 6.07) is 0. The Labute approximate surface area is 101 Å². The summed E-state index contributed by atoms with van der Waals surface area (Å²) in [5, 5.41) is 19.5. The van der Waals surface area contributed by atoms with Crippen LogP contribution in [0, 0.1) is 11.8 Å². The van der Waals surface area contributed by atoms with Gasteiger partial charge in [-0.3, -0.25) is 4.79 Å². The molecule has 1 aliphatic carbocycles. The van der Waals surface area contributed by atoms with Crippen molar-refractivity contribution < 1.29 is 19.7 Å². The predicted molar refractivity (Wildman–Crippen MR) is 62.2 cm³/mol. The van der Waals surface area contributed by atoms with E-state index in [1.165, 1.54) is 0 Å². The molecule has 4 heteroatoms. The van der Waals surface area contributed by atoms with E-state index >= 15 is 0 Å². The first kappa shape index (κ1) is 12.6. The summed E-state index contributed by atoms with van der Waals surface area (Å²) in [5.74, 6) is -0.139. The van der Waals surface area contributed by atoms with Gasteiger partial charge in [0.2, 0.25) is 0 Å². The van der Waals surface area contributed by atoms with Crippen molar-refractivity contribution in [1.82, 2.24) is 0 Å². The zero-order valence-electron chi connectivity index (χ0n) is 10.1. The van der Waals surface area contributed by atoms with Crippen molar-refractivity contribution in [3.05, 3.63) is 12.2 Å². The first-order valence-electron chi connectivity index (χ1n) is 6.35. The number of esters is 1. The lowest BCUT2D eigenvalue weighted by molar-refractivity contribution is -0.141. The topological polar surface area (TPSA) is 66.8 Å². The number of ether oxygens (including phenoxy) is 1. The van der Waals surface area contributed by atoms with Crippen LogP contribution in [-0.4, -0.2) is 34.5 Å². The van der Waals surface area contributed by atoms with Crippen molar-refractivity contribution in [2.45, 2.75) is 50.9 Å². The molecule has 0 bridgehead atoms. The standard InChI is InChI=1S/C13H20O4/c1-2-3-8(14)4-5-9-10-6-13(16)17-12(10)7-11(9)15/h4-5,8-12,14-15H,2-3,6-7H2,1H3/b5-4+/t8-,9+,10+,11+,12-/m0/s1. The number of hydrogen-bond donors (Lipinski definition) is 2. The first-order chi connectivity index (χ1) is 8.11. The minimum absolute atomic E-state index is 0.0574. The molecule has 0 unspecified atom stereocenters. The highest BCUT2D eigenvalue weighted by Crippen LogP contribution is 2.42. The summed E-state index contributed by atoms with van der Waals surface area (Å²) in [6.07, 6.45) is 5.12. The van der Waals surface area contributed by atoms with Crippen molar-refractivity contribution in [1.29, 1.82) is 0 Å². The molecule has 0 aromatic heterocycles. The molecular weight excluding hydrogens is 220 g/mol. The maximum Gasteiger partial charge on any atom is 0.306 e. The van der Waals surface area contributed by atoms with Gasteiger partial charge in [-0.2, -0.15) is 0 Å². The zero-order valence-corrected chi connectivity index (χ0v) is 10.1. The number of carbonyl (C=O) groups is 1. The van der Waals surface area contributed by atoms with Gasteiger partial charge in [0.15, 0.2) is 0 Å². The van der Waals surface area contributed by atoms with Gasteiger partial charge in [0.05, 0.1) is 18.6 Å². The van der Waals surface area contributed by atoms with Gasteiger partial charge in [-0.1, -0.05) is 25.5 Å². The number of rotatable bonds is 4. The quantitative estimate of drug-likeness (QED) is 0.568. The molecule has 0 aromatic carbocycles. The zero-order chi connectivity index (χ0) is 12.4. The highest BCUT2D eigenvalue weighted by Gasteiger charge is 2.48. The maximum atomic E-state index is 11.2. The van der Waals surface area contributed by atoms with Crippen molar-refractivity contribution in [2.24, 2.45) is 11.8 Å². The van der Waals surface area contributed by atoms with Crippen LogP contribution in [0.2, 0.25) is 0 Å². The third kappa shape index (κ3) is 2.69.